The number of hydrogen-bond acceptors (Lipinski definition) is 4. The molecule has 1 amide bonds. The minimum Gasteiger partial charge on any atom is -0.306 e. The molecule has 0 bridgehead atoms. The van der Waals surface area contributed by atoms with Crippen LogP contribution in [0, 0.1) is 13.8 Å². The van der Waals surface area contributed by atoms with Crippen molar-refractivity contribution in [2.45, 2.75) is 20.4 Å². The van der Waals surface area contributed by atoms with E-state index in [9.17, 15) is 4.79 Å². The van der Waals surface area contributed by atoms with Gasteiger partial charge in [-0.3, -0.25) is 9.48 Å². The summed E-state index contributed by atoms with van der Waals surface area (Å²) in [7, 11) is 0. The Balaban J connectivity index is 1.56. The normalized spacial score (nSPS) is 11.1. The number of rotatable bonds is 5. The lowest BCUT2D eigenvalue weighted by Gasteiger charge is -2.03. The summed E-state index contributed by atoms with van der Waals surface area (Å²) in [6.45, 7) is 3.96. The number of hydrazone groups is 1. The molecular formula is C17H18N6O. The number of nitrogens with zero attached hydrogens (tertiary/aromatic N) is 5. The number of nitrogens with one attached hydrogen (secondary N) is 1. The maximum atomic E-state index is 11.9. The summed E-state index contributed by atoms with van der Waals surface area (Å²) in [4.78, 5) is 15.9. The molecule has 0 saturated heterocycles. The molecule has 3 rings (SSSR count). The van der Waals surface area contributed by atoms with Gasteiger partial charge in [-0.05, 0) is 37.6 Å². The van der Waals surface area contributed by atoms with Crippen LogP contribution >= 0.6 is 0 Å². The summed E-state index contributed by atoms with van der Waals surface area (Å²) in [6.07, 6.45) is 6.95. The van der Waals surface area contributed by atoms with Crippen LogP contribution in [0.2, 0.25) is 0 Å². The number of benzene rings is 1. The maximum Gasteiger partial charge on any atom is 0.261 e. The van der Waals surface area contributed by atoms with Crippen molar-refractivity contribution in [1.29, 1.82) is 0 Å². The van der Waals surface area contributed by atoms with Crippen molar-refractivity contribution in [3.05, 3.63) is 66.0 Å². The van der Waals surface area contributed by atoms with E-state index >= 15 is 0 Å². The Labute approximate surface area is 139 Å². The first kappa shape index (κ1) is 15.7. The fourth-order valence-corrected chi connectivity index (χ4v) is 2.33. The molecule has 0 unspecified atom stereocenters. The Bertz CT molecular complexity index is 846. The van der Waals surface area contributed by atoms with Crippen molar-refractivity contribution in [1.82, 2.24) is 24.8 Å². The minimum atomic E-state index is -0.215. The molecule has 2 aromatic heterocycles. The van der Waals surface area contributed by atoms with Crippen LogP contribution < -0.4 is 5.43 Å². The van der Waals surface area contributed by atoms with Gasteiger partial charge in [0.25, 0.3) is 5.91 Å². The summed E-state index contributed by atoms with van der Waals surface area (Å²) in [5.74, 6) is -0.215. The Morgan fingerprint density at radius 3 is 2.71 bits per heavy atom. The first-order valence-corrected chi connectivity index (χ1v) is 7.53. The van der Waals surface area contributed by atoms with E-state index in [4.69, 9.17) is 0 Å². The highest BCUT2D eigenvalue weighted by Crippen LogP contribution is 2.07. The summed E-state index contributed by atoms with van der Waals surface area (Å²) in [6, 6.07) is 9.69. The van der Waals surface area contributed by atoms with Gasteiger partial charge in [-0.1, -0.05) is 12.1 Å². The number of hydrogen-bond donors (Lipinski definition) is 1. The highest BCUT2D eigenvalue weighted by Gasteiger charge is 2.05. The van der Waals surface area contributed by atoms with Gasteiger partial charge >= 0.3 is 0 Å². The number of amides is 1. The highest BCUT2D eigenvalue weighted by molar-refractivity contribution is 5.82. The number of carbonyl (C=O) groups is 1. The molecule has 122 valence electrons. The van der Waals surface area contributed by atoms with Gasteiger partial charge in [0, 0.05) is 23.8 Å². The van der Waals surface area contributed by atoms with E-state index in [1.54, 1.807) is 23.4 Å². The highest BCUT2D eigenvalue weighted by atomic mass is 16.2. The number of aromatic nitrogens is 4. The SMILES string of the molecule is Cc1cc(C)n(CC(=O)N/N=C/c2ccc(-n3ccnc3)cc2)n1. The molecule has 0 saturated carbocycles. The lowest BCUT2D eigenvalue weighted by atomic mass is 10.2. The second-order valence-electron chi connectivity index (χ2n) is 5.44. The summed E-state index contributed by atoms with van der Waals surface area (Å²) >= 11 is 0. The Morgan fingerprint density at radius 2 is 2.08 bits per heavy atom. The summed E-state index contributed by atoms with van der Waals surface area (Å²) < 4.78 is 3.57. The molecule has 7 heteroatoms. The van der Waals surface area contributed by atoms with Gasteiger partial charge in [-0.15, -0.1) is 0 Å². The number of aryl methyl sites for hydroxylation is 2. The third-order valence-corrected chi connectivity index (χ3v) is 3.50. The van der Waals surface area contributed by atoms with Crippen LogP contribution in [0.25, 0.3) is 5.69 Å². The van der Waals surface area contributed by atoms with E-state index in [0.717, 1.165) is 22.6 Å². The molecule has 1 aromatic carbocycles. The van der Waals surface area contributed by atoms with Crippen LogP contribution in [0.1, 0.15) is 17.0 Å². The van der Waals surface area contributed by atoms with Crippen LogP contribution in [-0.2, 0) is 11.3 Å². The average molecular weight is 322 g/mol. The van der Waals surface area contributed by atoms with E-state index in [1.165, 1.54) is 0 Å². The van der Waals surface area contributed by atoms with Crippen LogP contribution in [0.15, 0.2) is 54.2 Å². The first-order valence-electron chi connectivity index (χ1n) is 7.53. The van der Waals surface area contributed by atoms with E-state index in [1.807, 2.05) is 54.9 Å². The van der Waals surface area contributed by atoms with E-state index < -0.39 is 0 Å². The quantitative estimate of drug-likeness (QED) is 0.575. The van der Waals surface area contributed by atoms with Gasteiger partial charge in [0.1, 0.15) is 6.54 Å². The number of carbonyl (C=O) groups excluding carboxylic acids is 1. The minimum absolute atomic E-state index is 0.149. The fourth-order valence-electron chi connectivity index (χ4n) is 2.33. The molecule has 1 N–H and O–H groups in total. The predicted molar refractivity (Wildman–Crippen MR) is 91.0 cm³/mol. The van der Waals surface area contributed by atoms with Crippen molar-refractivity contribution in [3.63, 3.8) is 0 Å². The van der Waals surface area contributed by atoms with Gasteiger partial charge < -0.3 is 4.57 Å². The van der Waals surface area contributed by atoms with Crippen LogP contribution in [0.3, 0.4) is 0 Å². The average Bonchev–Trinajstić information content (AvgIpc) is 3.18. The van der Waals surface area contributed by atoms with Crippen LogP contribution in [-0.4, -0.2) is 31.5 Å². The molecule has 0 radical (unpaired) electrons. The molecule has 2 heterocycles. The zero-order valence-corrected chi connectivity index (χ0v) is 13.5. The molecule has 3 aromatic rings. The number of imidazole rings is 1. The second-order valence-corrected chi connectivity index (χ2v) is 5.44. The lowest BCUT2D eigenvalue weighted by Crippen LogP contribution is -2.24. The van der Waals surface area contributed by atoms with E-state index in [0.29, 0.717) is 0 Å². The third kappa shape index (κ3) is 3.75. The Morgan fingerprint density at radius 1 is 1.29 bits per heavy atom. The molecular weight excluding hydrogens is 304 g/mol. The zero-order chi connectivity index (χ0) is 16.9. The molecule has 0 aliphatic carbocycles. The molecule has 0 aliphatic heterocycles. The van der Waals surface area contributed by atoms with Gasteiger partial charge in [0.2, 0.25) is 0 Å². The van der Waals surface area contributed by atoms with Crippen molar-refractivity contribution in [3.8, 4) is 5.69 Å². The van der Waals surface area contributed by atoms with Crippen molar-refractivity contribution in [2.75, 3.05) is 0 Å². The molecule has 0 fully saturated rings. The van der Waals surface area contributed by atoms with Crippen molar-refractivity contribution < 1.29 is 4.79 Å². The second kappa shape index (κ2) is 6.91. The van der Waals surface area contributed by atoms with E-state index in [2.05, 4.69) is 20.6 Å². The first-order chi connectivity index (χ1) is 11.6. The lowest BCUT2D eigenvalue weighted by molar-refractivity contribution is -0.121. The summed E-state index contributed by atoms with van der Waals surface area (Å²) in [5, 5.41) is 8.23. The fraction of sp³-hybridized carbons (Fsp3) is 0.176. The maximum absolute atomic E-state index is 11.9. The van der Waals surface area contributed by atoms with Gasteiger partial charge in [-0.2, -0.15) is 10.2 Å². The van der Waals surface area contributed by atoms with E-state index in [-0.39, 0.29) is 12.5 Å². The third-order valence-electron chi connectivity index (χ3n) is 3.50. The predicted octanol–water partition coefficient (Wildman–Crippen LogP) is 1.84. The molecule has 0 spiro atoms. The van der Waals surface area contributed by atoms with Crippen LogP contribution in [0.5, 0.6) is 0 Å². The molecule has 0 aliphatic rings. The smallest absolute Gasteiger partial charge is 0.261 e. The monoisotopic (exact) mass is 322 g/mol. The topological polar surface area (TPSA) is 77.1 Å². The van der Waals surface area contributed by atoms with Gasteiger partial charge in [-0.25, -0.2) is 10.4 Å². The Kier molecular flexibility index (Phi) is 4.51. The Hall–Kier alpha value is -3.22. The largest absolute Gasteiger partial charge is 0.306 e. The molecule has 24 heavy (non-hydrogen) atoms. The summed E-state index contributed by atoms with van der Waals surface area (Å²) in [5.41, 5.74) is 6.26. The van der Waals surface area contributed by atoms with Gasteiger partial charge in [0.05, 0.1) is 18.2 Å². The molecule has 0 atom stereocenters. The van der Waals surface area contributed by atoms with Gasteiger partial charge in [0.15, 0.2) is 0 Å². The van der Waals surface area contributed by atoms with Crippen LogP contribution in [0.4, 0.5) is 0 Å². The van der Waals surface area contributed by atoms with Crippen molar-refractivity contribution >= 4 is 12.1 Å². The molecule has 7 nitrogen and oxygen atoms in total. The van der Waals surface area contributed by atoms with Crippen molar-refractivity contribution in [2.24, 2.45) is 5.10 Å². The zero-order valence-electron chi connectivity index (χ0n) is 13.5. The standard InChI is InChI=1S/C17H18N6O/c1-13-9-14(2)23(21-13)11-17(24)20-19-10-15-3-5-16(6-4-15)22-8-7-18-12-22/h3-10,12H,11H2,1-2H3,(H,20,24)/b19-10+.